The Morgan fingerprint density at radius 2 is 2.33 bits per heavy atom. The average Bonchev–Trinajstić information content (AvgIpc) is 2.34. The molecule has 4 heteroatoms. The van der Waals surface area contributed by atoms with E-state index >= 15 is 0 Å². The van der Waals surface area contributed by atoms with E-state index in [9.17, 15) is 0 Å². The van der Waals surface area contributed by atoms with Crippen LogP contribution in [0, 0.1) is 0 Å². The molecule has 0 fully saturated rings. The molecule has 0 N–H and O–H groups in total. The van der Waals surface area contributed by atoms with Crippen LogP contribution < -0.4 is 0 Å². The average molecular weight is 181 g/mol. The van der Waals surface area contributed by atoms with Gasteiger partial charge in [0.1, 0.15) is 0 Å². The van der Waals surface area contributed by atoms with Gasteiger partial charge in [-0.05, 0) is 18.1 Å². The van der Waals surface area contributed by atoms with Gasteiger partial charge in [0.05, 0.1) is 10.9 Å². The third-order valence-corrected chi connectivity index (χ3v) is 1.72. The largest absolute Gasteiger partial charge is 0.250 e. The van der Waals surface area contributed by atoms with Gasteiger partial charge in [0.15, 0.2) is 5.82 Å². The molecular formula is C8H11N3S. The van der Waals surface area contributed by atoms with Gasteiger partial charge in [0.25, 0.3) is 0 Å². The lowest BCUT2D eigenvalue weighted by Crippen LogP contribution is -1.92. The first-order valence-electron chi connectivity index (χ1n) is 3.77. The molecule has 0 atom stereocenters. The van der Waals surface area contributed by atoms with Gasteiger partial charge in [-0.2, -0.15) is 10.1 Å². The highest BCUT2D eigenvalue weighted by atomic mass is 32.1. The summed E-state index contributed by atoms with van der Waals surface area (Å²) in [6, 6.07) is 1.92. The molecular weight excluding hydrogens is 170 g/mol. The Morgan fingerprint density at radius 3 is 2.75 bits per heavy atom. The minimum absolute atomic E-state index is 0.422. The standard InChI is InChI=1S/C8H11N3S/c1-6(2)7-4-8(9-5-12)11(3)10-7/h4,6H,1-3H3. The van der Waals surface area contributed by atoms with Crippen molar-refractivity contribution in [2.24, 2.45) is 12.0 Å². The molecule has 0 spiro atoms. The summed E-state index contributed by atoms with van der Waals surface area (Å²) in [5.41, 5.74) is 1.03. The second-order valence-electron chi connectivity index (χ2n) is 2.91. The van der Waals surface area contributed by atoms with E-state index in [0.717, 1.165) is 11.5 Å². The molecule has 1 heterocycles. The van der Waals surface area contributed by atoms with E-state index in [2.05, 4.69) is 41.3 Å². The molecule has 0 unspecified atom stereocenters. The van der Waals surface area contributed by atoms with Gasteiger partial charge in [0.2, 0.25) is 0 Å². The van der Waals surface area contributed by atoms with Crippen molar-refractivity contribution in [1.82, 2.24) is 9.78 Å². The monoisotopic (exact) mass is 181 g/mol. The summed E-state index contributed by atoms with van der Waals surface area (Å²) in [7, 11) is 1.84. The molecule has 1 aromatic heterocycles. The van der Waals surface area contributed by atoms with E-state index < -0.39 is 0 Å². The Morgan fingerprint density at radius 1 is 1.67 bits per heavy atom. The van der Waals surface area contributed by atoms with Crippen molar-refractivity contribution in [3.63, 3.8) is 0 Å². The number of rotatable bonds is 2. The molecule has 1 aromatic rings. The Kier molecular flexibility index (Phi) is 2.74. The SMILES string of the molecule is CC(C)c1cc(N=C=S)n(C)n1. The van der Waals surface area contributed by atoms with Crippen molar-refractivity contribution in [1.29, 1.82) is 0 Å². The summed E-state index contributed by atoms with van der Waals surface area (Å²) in [6.07, 6.45) is 0. The van der Waals surface area contributed by atoms with Crippen LogP contribution in [0.2, 0.25) is 0 Å². The van der Waals surface area contributed by atoms with Crippen LogP contribution in [0.5, 0.6) is 0 Å². The van der Waals surface area contributed by atoms with Gasteiger partial charge >= 0.3 is 0 Å². The van der Waals surface area contributed by atoms with E-state index in [1.807, 2.05) is 13.1 Å². The van der Waals surface area contributed by atoms with Crippen molar-refractivity contribution in [2.45, 2.75) is 19.8 Å². The van der Waals surface area contributed by atoms with Crippen molar-refractivity contribution >= 4 is 23.2 Å². The molecule has 0 aliphatic rings. The van der Waals surface area contributed by atoms with Crippen LogP contribution in [-0.2, 0) is 7.05 Å². The van der Waals surface area contributed by atoms with Crippen molar-refractivity contribution in [3.05, 3.63) is 11.8 Å². The second kappa shape index (κ2) is 3.61. The summed E-state index contributed by atoms with van der Waals surface area (Å²) >= 11 is 4.51. The zero-order valence-corrected chi connectivity index (χ0v) is 8.22. The third-order valence-electron chi connectivity index (χ3n) is 1.63. The highest BCUT2D eigenvalue weighted by molar-refractivity contribution is 7.78. The quantitative estimate of drug-likeness (QED) is 0.517. The number of hydrogen-bond donors (Lipinski definition) is 0. The number of isothiocyanates is 1. The van der Waals surface area contributed by atoms with Crippen LogP contribution in [-0.4, -0.2) is 14.9 Å². The van der Waals surface area contributed by atoms with Crippen LogP contribution >= 0.6 is 12.2 Å². The number of hydrogen-bond acceptors (Lipinski definition) is 3. The van der Waals surface area contributed by atoms with Gasteiger partial charge in [-0.3, -0.25) is 4.68 Å². The van der Waals surface area contributed by atoms with Crippen LogP contribution in [0.4, 0.5) is 5.82 Å². The molecule has 3 nitrogen and oxygen atoms in total. The molecule has 0 aliphatic heterocycles. The van der Waals surface area contributed by atoms with Crippen LogP contribution in [0.25, 0.3) is 0 Å². The molecule has 0 bridgehead atoms. The summed E-state index contributed by atoms with van der Waals surface area (Å²) in [4.78, 5) is 3.87. The topological polar surface area (TPSA) is 30.2 Å². The predicted molar refractivity (Wildman–Crippen MR) is 52.0 cm³/mol. The number of aromatic nitrogens is 2. The van der Waals surface area contributed by atoms with Crippen LogP contribution in [0.3, 0.4) is 0 Å². The molecule has 0 radical (unpaired) electrons. The van der Waals surface area contributed by atoms with E-state index in [1.165, 1.54) is 0 Å². The van der Waals surface area contributed by atoms with E-state index in [-0.39, 0.29) is 0 Å². The zero-order valence-electron chi connectivity index (χ0n) is 7.40. The van der Waals surface area contributed by atoms with Crippen molar-refractivity contribution < 1.29 is 0 Å². The van der Waals surface area contributed by atoms with Crippen molar-refractivity contribution in [3.8, 4) is 0 Å². The van der Waals surface area contributed by atoms with Crippen LogP contribution in [0.1, 0.15) is 25.5 Å². The first-order valence-corrected chi connectivity index (χ1v) is 4.17. The minimum atomic E-state index is 0.422. The smallest absolute Gasteiger partial charge is 0.161 e. The Balaban J connectivity index is 3.08. The number of aryl methyl sites for hydroxylation is 1. The van der Waals surface area contributed by atoms with Gasteiger partial charge in [0, 0.05) is 13.1 Å². The Bertz CT molecular complexity index is 321. The molecule has 0 saturated heterocycles. The maximum absolute atomic E-state index is 4.51. The molecule has 0 aromatic carbocycles. The van der Waals surface area contributed by atoms with Gasteiger partial charge in [-0.1, -0.05) is 13.8 Å². The fourth-order valence-corrected chi connectivity index (χ4v) is 1.01. The fourth-order valence-electron chi connectivity index (χ4n) is 0.913. The first kappa shape index (κ1) is 9.10. The molecule has 64 valence electrons. The van der Waals surface area contributed by atoms with E-state index in [1.54, 1.807) is 4.68 Å². The summed E-state index contributed by atoms with van der Waals surface area (Å²) < 4.78 is 1.70. The number of aliphatic imine (C=N–C) groups is 1. The summed E-state index contributed by atoms with van der Waals surface area (Å²) in [6.45, 7) is 4.18. The highest BCUT2D eigenvalue weighted by Crippen LogP contribution is 2.18. The zero-order chi connectivity index (χ0) is 9.14. The predicted octanol–water partition coefficient (Wildman–Crippen LogP) is 2.28. The van der Waals surface area contributed by atoms with E-state index in [0.29, 0.717) is 5.92 Å². The maximum atomic E-state index is 4.51. The third kappa shape index (κ3) is 1.78. The first-order chi connectivity index (χ1) is 5.65. The van der Waals surface area contributed by atoms with Crippen molar-refractivity contribution in [2.75, 3.05) is 0 Å². The fraction of sp³-hybridized carbons (Fsp3) is 0.500. The van der Waals surface area contributed by atoms with Gasteiger partial charge in [-0.15, -0.1) is 0 Å². The second-order valence-corrected chi connectivity index (χ2v) is 3.09. The van der Waals surface area contributed by atoms with Crippen LogP contribution in [0.15, 0.2) is 11.1 Å². The van der Waals surface area contributed by atoms with E-state index in [4.69, 9.17) is 0 Å². The molecule has 1 rings (SSSR count). The number of thiocarbonyl (C=S) groups is 1. The lowest BCUT2D eigenvalue weighted by Gasteiger charge is -1.95. The normalized spacial score (nSPS) is 10.0. The molecule has 0 amide bonds. The summed E-state index contributed by atoms with van der Waals surface area (Å²) in [5.74, 6) is 1.18. The molecule has 12 heavy (non-hydrogen) atoms. The minimum Gasteiger partial charge on any atom is -0.250 e. The van der Waals surface area contributed by atoms with Gasteiger partial charge in [-0.25, -0.2) is 0 Å². The highest BCUT2D eigenvalue weighted by Gasteiger charge is 2.06. The lowest BCUT2D eigenvalue weighted by molar-refractivity contribution is 0.715. The number of nitrogens with zero attached hydrogens (tertiary/aromatic N) is 3. The molecule has 0 aliphatic carbocycles. The Hall–Kier alpha value is -0.990. The molecule has 0 saturated carbocycles. The van der Waals surface area contributed by atoms with Gasteiger partial charge < -0.3 is 0 Å². The Labute approximate surface area is 77.1 Å². The summed E-state index contributed by atoms with van der Waals surface area (Å²) in [5, 5.41) is 6.59. The maximum Gasteiger partial charge on any atom is 0.161 e. The lowest BCUT2D eigenvalue weighted by atomic mass is 10.1.